The summed E-state index contributed by atoms with van der Waals surface area (Å²) in [6.45, 7) is 2.27. The fourth-order valence-corrected chi connectivity index (χ4v) is 4.63. The van der Waals surface area contributed by atoms with Gasteiger partial charge in [-0.3, -0.25) is 14.3 Å². The van der Waals surface area contributed by atoms with Gasteiger partial charge in [0.15, 0.2) is 0 Å². The lowest BCUT2D eigenvalue weighted by molar-refractivity contribution is -0.265. The van der Waals surface area contributed by atoms with Crippen molar-refractivity contribution in [1.29, 1.82) is 0 Å². The Hall–Kier alpha value is -4.52. The molecule has 0 aliphatic carbocycles. The van der Waals surface area contributed by atoms with Gasteiger partial charge in [-0.2, -0.15) is 18.3 Å². The molecule has 0 bridgehead atoms. The van der Waals surface area contributed by atoms with Gasteiger partial charge in [0.1, 0.15) is 29.3 Å². The van der Waals surface area contributed by atoms with Crippen molar-refractivity contribution < 1.29 is 37.0 Å². The molecule has 3 heterocycles. The highest BCUT2D eigenvalue weighted by Gasteiger charge is 2.57. The number of nitrogens with zero attached hydrogens (tertiary/aromatic N) is 3. The van der Waals surface area contributed by atoms with Crippen molar-refractivity contribution in [1.82, 2.24) is 20.1 Å². The number of ether oxygens (including phenoxy) is 1. The highest BCUT2D eigenvalue weighted by molar-refractivity contribution is 5.98. The number of primary amides is 1. The van der Waals surface area contributed by atoms with E-state index in [0.29, 0.717) is 17.4 Å². The molecule has 0 spiro atoms. The Kier molecular flexibility index (Phi) is 6.72. The molecule has 0 saturated heterocycles. The maximum atomic E-state index is 14.6. The number of fused-ring (bicyclic) bond motifs is 2. The number of halogens is 4. The van der Waals surface area contributed by atoms with Crippen molar-refractivity contribution in [2.24, 2.45) is 5.73 Å². The zero-order chi connectivity index (χ0) is 29.7. The Morgan fingerprint density at radius 1 is 1.17 bits per heavy atom. The number of aromatic nitrogens is 3. The molecule has 2 aromatic carbocycles. The summed E-state index contributed by atoms with van der Waals surface area (Å²) in [7, 11) is 0. The molecule has 2 atom stereocenters. The van der Waals surface area contributed by atoms with Crippen molar-refractivity contribution in [3.05, 3.63) is 77.4 Å². The first-order chi connectivity index (χ1) is 19.3. The summed E-state index contributed by atoms with van der Waals surface area (Å²) in [4.78, 5) is 29.3. The third-order valence-electron chi connectivity index (χ3n) is 7.27. The van der Waals surface area contributed by atoms with Crippen molar-refractivity contribution in [3.63, 3.8) is 0 Å². The molecule has 9 nitrogen and oxygen atoms in total. The minimum absolute atomic E-state index is 0.0175. The maximum Gasteiger partial charge on any atom is 0.424 e. The van der Waals surface area contributed by atoms with Gasteiger partial charge in [-0.1, -0.05) is 0 Å². The number of aliphatic hydroxyl groups is 1. The molecule has 5 rings (SSSR count). The number of carbonyl (C=O) groups is 2. The maximum absolute atomic E-state index is 14.6. The van der Waals surface area contributed by atoms with Crippen LogP contribution in [0.15, 0.2) is 54.7 Å². The number of hydrogen-bond acceptors (Lipinski definition) is 6. The molecule has 2 aromatic heterocycles. The summed E-state index contributed by atoms with van der Waals surface area (Å²) < 4.78 is 64.6. The van der Waals surface area contributed by atoms with Gasteiger partial charge in [-0.25, -0.2) is 9.37 Å². The van der Waals surface area contributed by atoms with Gasteiger partial charge < -0.3 is 20.9 Å². The van der Waals surface area contributed by atoms with E-state index in [-0.39, 0.29) is 34.7 Å². The number of nitrogens with one attached hydrogen (secondary N) is 1. The van der Waals surface area contributed by atoms with Crippen molar-refractivity contribution in [2.45, 2.75) is 37.6 Å². The second-order valence-electron chi connectivity index (χ2n) is 10.0. The van der Waals surface area contributed by atoms with E-state index in [1.165, 1.54) is 31.2 Å². The molecule has 4 N–H and O–H groups in total. The number of benzene rings is 2. The summed E-state index contributed by atoms with van der Waals surface area (Å²) in [5, 5.41) is 18.2. The highest BCUT2D eigenvalue weighted by Crippen LogP contribution is 2.47. The summed E-state index contributed by atoms with van der Waals surface area (Å²) in [5.41, 5.74) is 0.0884. The fourth-order valence-electron chi connectivity index (χ4n) is 4.63. The first kappa shape index (κ1) is 28.0. The van der Waals surface area contributed by atoms with E-state index in [2.05, 4.69) is 15.4 Å². The molecule has 0 unspecified atom stereocenters. The van der Waals surface area contributed by atoms with E-state index >= 15 is 0 Å². The molecule has 13 heteroatoms. The molecule has 1 aliphatic rings. The Labute approximate surface area is 230 Å². The molecule has 2 amide bonds. The smallest absolute Gasteiger partial charge is 0.424 e. The Morgan fingerprint density at radius 3 is 2.51 bits per heavy atom. The number of carbonyl (C=O) groups excluding carboxylic acids is 2. The van der Waals surface area contributed by atoms with Crippen LogP contribution in [0.5, 0.6) is 5.75 Å². The number of nitrogens with two attached hydrogens (primary N) is 1. The minimum atomic E-state index is -5.32. The summed E-state index contributed by atoms with van der Waals surface area (Å²) in [5.74, 6) is -2.36. The lowest BCUT2D eigenvalue weighted by Gasteiger charge is -2.31. The van der Waals surface area contributed by atoms with Crippen LogP contribution in [0.4, 0.5) is 17.6 Å². The minimum Gasteiger partial charge on any atom is -0.489 e. The van der Waals surface area contributed by atoms with Crippen molar-refractivity contribution >= 4 is 22.7 Å². The molecule has 214 valence electrons. The Balaban J connectivity index is 1.57. The second-order valence-corrected chi connectivity index (χ2v) is 10.0. The largest absolute Gasteiger partial charge is 0.489 e. The first-order valence-electron chi connectivity index (χ1n) is 12.6. The van der Waals surface area contributed by atoms with Gasteiger partial charge in [-0.05, 0) is 62.4 Å². The average molecular weight is 572 g/mol. The predicted octanol–water partition coefficient (Wildman–Crippen LogP) is 3.57. The van der Waals surface area contributed by atoms with Gasteiger partial charge in [0.25, 0.3) is 5.91 Å². The van der Waals surface area contributed by atoms with Crippen molar-refractivity contribution in [3.8, 4) is 17.0 Å². The van der Waals surface area contributed by atoms with Crippen LogP contribution in [0.25, 0.3) is 22.2 Å². The molecule has 0 saturated carbocycles. The van der Waals surface area contributed by atoms with E-state index in [0.717, 1.165) is 18.2 Å². The predicted molar refractivity (Wildman–Crippen MR) is 139 cm³/mol. The lowest BCUT2D eigenvalue weighted by atomic mass is 9.81. The van der Waals surface area contributed by atoms with E-state index in [1.54, 1.807) is 16.9 Å². The normalized spacial score (nSPS) is 18.0. The first-order valence-corrected chi connectivity index (χ1v) is 12.6. The number of aryl methyl sites for hydroxylation is 1. The number of amides is 2. The standard InChI is InChI=1S/C28H25F4N5O4/c1-3-37-12-17-10-16(6-9-20(17)36-37)24(38)34-13-27(40,28(30,31)32)21-11-19-23(41-14-26(19,2)25(33)39)22(35-21)15-4-7-18(29)8-5-15/h4-12,40H,3,13-14H2,1-2H3,(H2,33,39)(H,34,38)/t26-,27-/m0/s1. The van der Waals surface area contributed by atoms with Crippen LogP contribution in [-0.4, -0.2) is 51.0 Å². The summed E-state index contributed by atoms with van der Waals surface area (Å²) in [6.07, 6.45) is -3.63. The monoisotopic (exact) mass is 571 g/mol. The zero-order valence-corrected chi connectivity index (χ0v) is 21.9. The van der Waals surface area contributed by atoms with Crippen LogP contribution in [-0.2, 0) is 22.4 Å². The summed E-state index contributed by atoms with van der Waals surface area (Å²) >= 11 is 0. The molecule has 4 aromatic rings. The van der Waals surface area contributed by atoms with Gasteiger partial charge in [0, 0.05) is 34.8 Å². The third-order valence-corrected chi connectivity index (χ3v) is 7.27. The van der Waals surface area contributed by atoms with E-state index in [9.17, 15) is 32.3 Å². The molecular formula is C28H25F4N5O4. The zero-order valence-electron chi connectivity index (χ0n) is 21.9. The Bertz CT molecular complexity index is 1670. The van der Waals surface area contributed by atoms with Crippen LogP contribution in [0.3, 0.4) is 0 Å². The molecule has 0 fully saturated rings. The molecule has 0 radical (unpaired) electrons. The SMILES string of the molecule is CCn1cc2cc(C(=O)NC[C@](O)(c3cc4c(c(-c5ccc(F)cc5)n3)OC[C@]4(C)C(N)=O)C(F)(F)F)ccc2n1. The lowest BCUT2D eigenvalue weighted by Crippen LogP contribution is -2.51. The van der Waals surface area contributed by atoms with Gasteiger partial charge >= 0.3 is 6.18 Å². The van der Waals surface area contributed by atoms with Crippen LogP contribution in [0.2, 0.25) is 0 Å². The van der Waals surface area contributed by atoms with Gasteiger partial charge in [-0.15, -0.1) is 0 Å². The summed E-state index contributed by atoms with van der Waals surface area (Å²) in [6, 6.07) is 10.1. The van der Waals surface area contributed by atoms with Crippen molar-refractivity contribution in [2.75, 3.05) is 13.2 Å². The fraction of sp³-hybridized carbons (Fsp3) is 0.286. The number of rotatable bonds is 7. The third kappa shape index (κ3) is 4.75. The van der Waals surface area contributed by atoms with E-state index < -0.39 is 47.1 Å². The van der Waals surface area contributed by atoms with Crippen LogP contribution in [0, 0.1) is 5.82 Å². The average Bonchev–Trinajstić information content (AvgIpc) is 3.52. The number of alkyl halides is 3. The van der Waals surface area contributed by atoms with E-state index in [4.69, 9.17) is 10.5 Å². The van der Waals surface area contributed by atoms with Gasteiger partial charge in [0.05, 0.1) is 17.8 Å². The quantitative estimate of drug-likeness (QED) is 0.291. The number of hydrogen-bond donors (Lipinski definition) is 3. The number of pyridine rings is 1. The molecular weight excluding hydrogens is 546 g/mol. The van der Waals surface area contributed by atoms with Crippen LogP contribution >= 0.6 is 0 Å². The van der Waals surface area contributed by atoms with Crippen LogP contribution < -0.4 is 15.8 Å². The van der Waals surface area contributed by atoms with E-state index in [1.807, 2.05) is 6.92 Å². The second kappa shape index (κ2) is 9.84. The Morgan fingerprint density at radius 2 is 1.88 bits per heavy atom. The van der Waals surface area contributed by atoms with Crippen LogP contribution in [0.1, 0.15) is 35.5 Å². The molecule has 1 aliphatic heterocycles. The highest BCUT2D eigenvalue weighted by atomic mass is 19.4. The molecule has 41 heavy (non-hydrogen) atoms. The van der Waals surface area contributed by atoms with Gasteiger partial charge in [0.2, 0.25) is 11.5 Å². The topological polar surface area (TPSA) is 132 Å².